The molecule has 2 aromatic rings. The van der Waals surface area contributed by atoms with Gasteiger partial charge in [0.15, 0.2) is 0 Å². The Morgan fingerprint density at radius 1 is 1.32 bits per heavy atom. The maximum absolute atomic E-state index is 13.3. The van der Waals surface area contributed by atoms with E-state index in [9.17, 15) is 9.18 Å². The van der Waals surface area contributed by atoms with E-state index in [4.69, 9.17) is 5.73 Å². The smallest absolute Gasteiger partial charge is 0.239 e. The molecule has 0 spiro atoms. The molecular formula is C19H25FN4O. The number of aryl methyl sites for hydroxylation is 2. The van der Waals surface area contributed by atoms with Crippen molar-refractivity contribution in [2.45, 2.75) is 51.7 Å². The number of piperidine rings is 1. The number of carbonyl (C=O) groups is 1. The lowest BCUT2D eigenvalue weighted by Gasteiger charge is -2.40. The van der Waals surface area contributed by atoms with Crippen LogP contribution in [0, 0.1) is 19.7 Å². The Morgan fingerprint density at radius 3 is 2.64 bits per heavy atom. The molecule has 0 saturated carbocycles. The van der Waals surface area contributed by atoms with Gasteiger partial charge >= 0.3 is 0 Å². The molecular weight excluding hydrogens is 319 g/mol. The fraction of sp³-hybridized carbons (Fsp3) is 0.474. The molecule has 1 amide bonds. The summed E-state index contributed by atoms with van der Waals surface area (Å²) < 4.78 is 15.3. The Bertz CT molecular complexity index is 740. The van der Waals surface area contributed by atoms with Gasteiger partial charge in [0.1, 0.15) is 11.9 Å². The van der Waals surface area contributed by atoms with Crippen molar-refractivity contribution < 1.29 is 9.18 Å². The Labute approximate surface area is 147 Å². The number of likely N-dealkylation sites (tertiary alicyclic amines) is 1. The van der Waals surface area contributed by atoms with Crippen LogP contribution in [0.25, 0.3) is 0 Å². The lowest BCUT2D eigenvalue weighted by molar-refractivity contribution is -0.125. The standard InChI is InChI=1S/C19H25FN4O/c1-13-11-14(2)24(22-13)12-17-5-3-4-10-23(17)18(19(21)25)15-6-8-16(20)9-7-15/h6-9,11,17-18H,3-5,10,12H2,1-2H3,(H2,21,25)/t17-,18-/m1/s1. The monoisotopic (exact) mass is 344 g/mol. The van der Waals surface area contributed by atoms with Gasteiger partial charge in [0.2, 0.25) is 5.91 Å². The summed E-state index contributed by atoms with van der Waals surface area (Å²) in [4.78, 5) is 14.4. The van der Waals surface area contributed by atoms with Crippen molar-refractivity contribution >= 4 is 5.91 Å². The number of carbonyl (C=O) groups excluding carboxylic acids is 1. The first-order chi connectivity index (χ1) is 12.0. The van der Waals surface area contributed by atoms with Crippen LogP contribution in [0.5, 0.6) is 0 Å². The Kier molecular flexibility index (Phi) is 5.18. The van der Waals surface area contributed by atoms with Crippen LogP contribution in [-0.4, -0.2) is 33.2 Å². The highest BCUT2D eigenvalue weighted by Gasteiger charge is 2.33. The average Bonchev–Trinajstić information content (AvgIpc) is 2.88. The highest BCUT2D eigenvalue weighted by molar-refractivity contribution is 5.81. The van der Waals surface area contributed by atoms with Gasteiger partial charge in [-0.3, -0.25) is 14.4 Å². The molecule has 2 heterocycles. The number of amides is 1. The molecule has 1 aliphatic rings. The van der Waals surface area contributed by atoms with Gasteiger partial charge in [-0.25, -0.2) is 4.39 Å². The second-order valence-electron chi connectivity index (χ2n) is 6.85. The predicted molar refractivity (Wildman–Crippen MR) is 94.4 cm³/mol. The van der Waals surface area contributed by atoms with Gasteiger partial charge < -0.3 is 5.73 Å². The normalized spacial score (nSPS) is 19.7. The third kappa shape index (κ3) is 3.90. The first-order valence-corrected chi connectivity index (χ1v) is 8.77. The summed E-state index contributed by atoms with van der Waals surface area (Å²) in [7, 11) is 0. The van der Waals surface area contributed by atoms with E-state index in [1.807, 2.05) is 18.5 Å². The van der Waals surface area contributed by atoms with E-state index in [0.29, 0.717) is 0 Å². The number of nitrogens with zero attached hydrogens (tertiary/aromatic N) is 3. The summed E-state index contributed by atoms with van der Waals surface area (Å²) in [6.45, 7) is 5.55. The zero-order valence-corrected chi connectivity index (χ0v) is 14.8. The minimum atomic E-state index is -0.539. The summed E-state index contributed by atoms with van der Waals surface area (Å²) in [5, 5.41) is 4.55. The van der Waals surface area contributed by atoms with Crippen molar-refractivity contribution in [1.82, 2.24) is 14.7 Å². The molecule has 1 aromatic heterocycles. The first-order valence-electron chi connectivity index (χ1n) is 8.77. The number of rotatable bonds is 5. The fourth-order valence-corrected chi connectivity index (χ4v) is 3.78. The van der Waals surface area contributed by atoms with Gasteiger partial charge in [-0.1, -0.05) is 18.6 Å². The van der Waals surface area contributed by atoms with Crippen LogP contribution < -0.4 is 5.73 Å². The number of benzene rings is 1. The van der Waals surface area contributed by atoms with Crippen molar-refractivity contribution in [3.8, 4) is 0 Å². The number of hydrogen-bond donors (Lipinski definition) is 1. The predicted octanol–water partition coefficient (Wildman–Crippen LogP) is 2.72. The zero-order chi connectivity index (χ0) is 18.0. The zero-order valence-electron chi connectivity index (χ0n) is 14.8. The van der Waals surface area contributed by atoms with Gasteiger partial charge in [-0.15, -0.1) is 0 Å². The maximum atomic E-state index is 13.3. The number of halogens is 1. The maximum Gasteiger partial charge on any atom is 0.239 e. The number of hydrogen-bond acceptors (Lipinski definition) is 3. The van der Waals surface area contributed by atoms with E-state index >= 15 is 0 Å². The van der Waals surface area contributed by atoms with E-state index in [-0.39, 0.29) is 11.9 Å². The summed E-state index contributed by atoms with van der Waals surface area (Å²) in [5.41, 5.74) is 8.58. The third-order valence-electron chi connectivity index (χ3n) is 4.95. The number of nitrogens with two attached hydrogens (primary N) is 1. The van der Waals surface area contributed by atoms with Crippen LogP contribution in [0.15, 0.2) is 30.3 Å². The van der Waals surface area contributed by atoms with Crippen LogP contribution in [0.2, 0.25) is 0 Å². The second kappa shape index (κ2) is 7.35. The van der Waals surface area contributed by atoms with Crippen LogP contribution >= 0.6 is 0 Å². The lowest BCUT2D eigenvalue weighted by atomic mass is 9.95. The largest absolute Gasteiger partial charge is 0.368 e. The van der Waals surface area contributed by atoms with Gasteiger partial charge in [0.05, 0.1) is 12.2 Å². The van der Waals surface area contributed by atoms with Gasteiger partial charge in [0, 0.05) is 11.7 Å². The summed E-state index contributed by atoms with van der Waals surface area (Å²) in [5.74, 6) is -0.711. The van der Waals surface area contributed by atoms with Crippen molar-refractivity contribution in [2.75, 3.05) is 6.54 Å². The Hall–Kier alpha value is -2.21. The molecule has 0 unspecified atom stereocenters. The van der Waals surface area contributed by atoms with Crippen LogP contribution in [0.1, 0.15) is 42.3 Å². The molecule has 1 fully saturated rings. The lowest BCUT2D eigenvalue weighted by Crippen LogP contribution is -2.48. The molecule has 25 heavy (non-hydrogen) atoms. The van der Waals surface area contributed by atoms with Crippen LogP contribution in [0.3, 0.4) is 0 Å². The molecule has 3 rings (SSSR count). The number of aromatic nitrogens is 2. The topological polar surface area (TPSA) is 64.2 Å². The minimum absolute atomic E-state index is 0.175. The Morgan fingerprint density at radius 2 is 2.04 bits per heavy atom. The van der Waals surface area contributed by atoms with Crippen molar-refractivity contribution in [3.05, 3.63) is 53.1 Å². The molecule has 6 heteroatoms. The molecule has 1 aromatic carbocycles. The number of primary amides is 1. The molecule has 2 atom stereocenters. The van der Waals surface area contributed by atoms with Gasteiger partial charge in [0.25, 0.3) is 0 Å². The van der Waals surface area contributed by atoms with Gasteiger partial charge in [-0.05, 0) is 57.0 Å². The summed E-state index contributed by atoms with van der Waals surface area (Å²) in [6, 6.07) is 7.76. The minimum Gasteiger partial charge on any atom is -0.368 e. The molecule has 2 N–H and O–H groups in total. The molecule has 1 aliphatic heterocycles. The Balaban J connectivity index is 1.88. The average molecular weight is 344 g/mol. The molecule has 0 aliphatic carbocycles. The van der Waals surface area contributed by atoms with Crippen molar-refractivity contribution in [1.29, 1.82) is 0 Å². The van der Waals surface area contributed by atoms with E-state index in [1.165, 1.54) is 12.1 Å². The summed E-state index contributed by atoms with van der Waals surface area (Å²) in [6.07, 6.45) is 3.14. The highest BCUT2D eigenvalue weighted by atomic mass is 19.1. The fourth-order valence-electron chi connectivity index (χ4n) is 3.78. The van der Waals surface area contributed by atoms with E-state index in [2.05, 4.69) is 16.1 Å². The quantitative estimate of drug-likeness (QED) is 0.907. The molecule has 1 saturated heterocycles. The van der Waals surface area contributed by atoms with Crippen LogP contribution in [0.4, 0.5) is 4.39 Å². The van der Waals surface area contributed by atoms with E-state index < -0.39 is 11.9 Å². The molecule has 0 radical (unpaired) electrons. The van der Waals surface area contributed by atoms with E-state index in [0.717, 1.165) is 49.3 Å². The van der Waals surface area contributed by atoms with Crippen molar-refractivity contribution in [3.63, 3.8) is 0 Å². The summed E-state index contributed by atoms with van der Waals surface area (Å²) >= 11 is 0. The molecule has 5 nitrogen and oxygen atoms in total. The first kappa shape index (κ1) is 17.6. The molecule has 134 valence electrons. The van der Waals surface area contributed by atoms with Crippen molar-refractivity contribution in [2.24, 2.45) is 5.73 Å². The molecule has 0 bridgehead atoms. The van der Waals surface area contributed by atoms with Gasteiger partial charge in [-0.2, -0.15) is 5.10 Å². The SMILES string of the molecule is Cc1cc(C)n(C[C@H]2CCCCN2[C@@H](C(N)=O)c2ccc(F)cc2)n1. The highest BCUT2D eigenvalue weighted by Crippen LogP contribution is 2.30. The third-order valence-corrected chi connectivity index (χ3v) is 4.95. The van der Waals surface area contributed by atoms with E-state index in [1.54, 1.807) is 12.1 Å². The van der Waals surface area contributed by atoms with Crippen LogP contribution in [-0.2, 0) is 11.3 Å². The second-order valence-corrected chi connectivity index (χ2v) is 6.85.